The van der Waals surface area contributed by atoms with E-state index < -0.39 is 17.8 Å². The number of ether oxygens (including phenoxy) is 3. The highest BCUT2D eigenvalue weighted by Gasteiger charge is 2.46. The lowest BCUT2D eigenvalue weighted by atomic mass is 9.68. The fraction of sp³-hybridized carbons (Fsp3) is 0.429. The average Bonchev–Trinajstić information content (AvgIpc) is 2.59. The molecule has 3 rings (SSSR count). The number of esters is 1. The van der Waals surface area contributed by atoms with Gasteiger partial charge in [0.2, 0.25) is 5.90 Å². The van der Waals surface area contributed by atoms with E-state index in [9.17, 15) is 14.9 Å². The monoisotopic (exact) mass is 382 g/mol. The third-order valence-electron chi connectivity index (χ3n) is 4.98. The summed E-state index contributed by atoms with van der Waals surface area (Å²) in [4.78, 5) is 24.2. The quantitative estimate of drug-likeness (QED) is 0.633. The minimum atomic E-state index is -0.923. The molecule has 0 fully saturated rings. The van der Waals surface area contributed by atoms with Crippen LogP contribution in [0.15, 0.2) is 29.5 Å². The number of methoxy groups -OCH3 is 1. The Morgan fingerprint density at radius 3 is 2.64 bits per heavy atom. The Labute approximate surface area is 163 Å². The maximum absolute atomic E-state index is 12.9. The highest BCUT2D eigenvalue weighted by molar-refractivity contribution is 6.01. The van der Waals surface area contributed by atoms with Crippen molar-refractivity contribution in [2.75, 3.05) is 7.11 Å². The van der Waals surface area contributed by atoms with Crippen molar-refractivity contribution >= 4 is 17.7 Å². The molecule has 0 radical (unpaired) electrons. The lowest BCUT2D eigenvalue weighted by Gasteiger charge is -2.39. The lowest BCUT2D eigenvalue weighted by Crippen LogP contribution is -2.38. The van der Waals surface area contributed by atoms with Gasteiger partial charge in [-0.1, -0.05) is 19.9 Å². The molecule has 1 aliphatic carbocycles. The van der Waals surface area contributed by atoms with Crippen molar-refractivity contribution in [3.63, 3.8) is 0 Å². The fourth-order valence-corrected chi connectivity index (χ4v) is 3.84. The first-order chi connectivity index (χ1) is 13.2. The van der Waals surface area contributed by atoms with E-state index in [1.54, 1.807) is 18.2 Å². The predicted molar refractivity (Wildman–Crippen MR) is 100 cm³/mol. The van der Waals surface area contributed by atoms with Gasteiger partial charge in [0.1, 0.15) is 11.7 Å². The van der Waals surface area contributed by atoms with Crippen molar-refractivity contribution in [2.45, 2.75) is 39.5 Å². The Balaban J connectivity index is 2.14. The van der Waals surface area contributed by atoms with Crippen molar-refractivity contribution < 1.29 is 23.8 Å². The zero-order valence-electron chi connectivity index (χ0n) is 16.3. The molecule has 1 aromatic carbocycles. The molecule has 1 N–H and O–H groups in total. The van der Waals surface area contributed by atoms with Crippen molar-refractivity contribution in [1.82, 2.24) is 0 Å². The van der Waals surface area contributed by atoms with Crippen LogP contribution in [0.2, 0.25) is 0 Å². The van der Waals surface area contributed by atoms with Gasteiger partial charge in [0.15, 0.2) is 17.3 Å². The first kappa shape index (κ1) is 19.6. The van der Waals surface area contributed by atoms with Crippen molar-refractivity contribution in [3.8, 4) is 17.6 Å². The molecular weight excluding hydrogens is 360 g/mol. The minimum absolute atomic E-state index is 0.0768. The number of ketones is 1. The maximum atomic E-state index is 12.9. The highest BCUT2D eigenvalue weighted by atomic mass is 16.6. The Morgan fingerprint density at radius 1 is 1.32 bits per heavy atom. The first-order valence-electron chi connectivity index (χ1n) is 8.95. The number of hydrogen-bond donors (Lipinski definition) is 1. The third-order valence-corrected chi connectivity index (χ3v) is 4.98. The van der Waals surface area contributed by atoms with Crippen LogP contribution in [0.25, 0.3) is 0 Å². The summed E-state index contributed by atoms with van der Waals surface area (Å²) in [7, 11) is 1.44. The van der Waals surface area contributed by atoms with Crippen LogP contribution >= 0.6 is 0 Å². The maximum Gasteiger partial charge on any atom is 0.308 e. The molecule has 2 atom stereocenters. The summed E-state index contributed by atoms with van der Waals surface area (Å²) < 4.78 is 16.1. The van der Waals surface area contributed by atoms with Gasteiger partial charge in [0.25, 0.3) is 0 Å². The summed E-state index contributed by atoms with van der Waals surface area (Å²) in [6, 6.07) is 7.00. The first-order valence-corrected chi connectivity index (χ1v) is 8.95. The van der Waals surface area contributed by atoms with E-state index in [0.29, 0.717) is 35.5 Å². The molecular formula is C21H22N2O5. The van der Waals surface area contributed by atoms with E-state index >= 15 is 0 Å². The summed E-state index contributed by atoms with van der Waals surface area (Å²) in [5.74, 6) is -1.26. The molecule has 0 spiro atoms. The van der Waals surface area contributed by atoms with Gasteiger partial charge in [-0.2, -0.15) is 5.26 Å². The smallest absolute Gasteiger partial charge is 0.308 e. The van der Waals surface area contributed by atoms with Crippen molar-refractivity contribution in [2.24, 2.45) is 11.3 Å². The molecule has 0 bridgehead atoms. The normalized spacial score (nSPS) is 23.4. The van der Waals surface area contributed by atoms with Crippen LogP contribution in [0.5, 0.6) is 11.5 Å². The van der Waals surface area contributed by atoms with Crippen LogP contribution < -0.4 is 9.47 Å². The molecule has 7 heteroatoms. The van der Waals surface area contributed by atoms with Crippen LogP contribution in [0.1, 0.15) is 45.1 Å². The molecule has 0 aromatic heterocycles. The standard InChI is InChI=1S/C21H22N2O5/c1-11(24)27-15-6-5-12(7-16(15)26-4)18-13(10-22)20(23)28-17-9-21(2,3)8-14(25)19(17)18/h5-7,13,18,23H,8-9H2,1-4H3. The van der Waals surface area contributed by atoms with E-state index in [0.717, 1.165) is 0 Å². The molecule has 0 saturated heterocycles. The molecule has 1 aliphatic heterocycles. The molecule has 2 unspecified atom stereocenters. The zero-order chi connectivity index (χ0) is 20.6. The van der Waals surface area contributed by atoms with E-state index in [-0.39, 0.29) is 22.8 Å². The topological polar surface area (TPSA) is 109 Å². The van der Waals surface area contributed by atoms with Gasteiger partial charge in [0.05, 0.1) is 13.2 Å². The number of rotatable bonds is 3. The number of benzene rings is 1. The Kier molecular flexibility index (Phi) is 4.99. The van der Waals surface area contributed by atoms with Crippen molar-refractivity contribution in [1.29, 1.82) is 10.7 Å². The van der Waals surface area contributed by atoms with Crippen LogP contribution in [0, 0.1) is 28.1 Å². The average molecular weight is 382 g/mol. The Bertz CT molecular complexity index is 939. The summed E-state index contributed by atoms with van der Waals surface area (Å²) in [5.41, 5.74) is 0.814. The number of hydrogen-bond acceptors (Lipinski definition) is 7. The van der Waals surface area contributed by atoms with Crippen LogP contribution in [-0.2, 0) is 14.3 Å². The Hall–Kier alpha value is -3.14. The summed E-state index contributed by atoms with van der Waals surface area (Å²) >= 11 is 0. The summed E-state index contributed by atoms with van der Waals surface area (Å²) in [5, 5.41) is 17.9. The lowest BCUT2D eigenvalue weighted by molar-refractivity contribution is -0.132. The van der Waals surface area contributed by atoms with Gasteiger partial charge in [-0.05, 0) is 23.1 Å². The zero-order valence-corrected chi connectivity index (χ0v) is 16.3. The number of nitrogens with one attached hydrogen (secondary N) is 1. The van der Waals surface area contributed by atoms with Gasteiger partial charge in [-0.3, -0.25) is 15.0 Å². The second kappa shape index (κ2) is 7.12. The largest absolute Gasteiger partial charge is 0.493 e. The second-order valence-corrected chi connectivity index (χ2v) is 7.83. The number of Topliss-reactive ketones (excluding diaryl/α,β-unsaturated/α-hetero) is 1. The van der Waals surface area contributed by atoms with Gasteiger partial charge >= 0.3 is 5.97 Å². The summed E-state index contributed by atoms with van der Waals surface area (Å²) in [6.45, 7) is 5.24. The molecule has 7 nitrogen and oxygen atoms in total. The fourth-order valence-electron chi connectivity index (χ4n) is 3.84. The van der Waals surface area contributed by atoms with Crippen molar-refractivity contribution in [3.05, 3.63) is 35.1 Å². The van der Waals surface area contributed by atoms with E-state index in [2.05, 4.69) is 6.07 Å². The number of nitrogens with zero attached hydrogens (tertiary/aromatic N) is 1. The highest BCUT2D eigenvalue weighted by Crippen LogP contribution is 2.48. The molecule has 1 aromatic rings. The van der Waals surface area contributed by atoms with E-state index in [4.69, 9.17) is 19.6 Å². The molecule has 0 amide bonds. The van der Waals surface area contributed by atoms with Crippen LogP contribution in [0.4, 0.5) is 0 Å². The van der Waals surface area contributed by atoms with Gasteiger partial charge in [0, 0.05) is 31.3 Å². The third kappa shape index (κ3) is 3.50. The number of carbonyl (C=O) groups is 2. The van der Waals surface area contributed by atoms with Crippen LogP contribution in [0.3, 0.4) is 0 Å². The second-order valence-electron chi connectivity index (χ2n) is 7.83. The van der Waals surface area contributed by atoms with E-state index in [1.807, 2.05) is 13.8 Å². The van der Waals surface area contributed by atoms with E-state index in [1.165, 1.54) is 14.0 Å². The predicted octanol–water partition coefficient (Wildman–Crippen LogP) is 3.49. The SMILES string of the molecule is COc1cc(C2C3=C(CC(C)(C)CC3=O)OC(=N)C2C#N)ccc1OC(C)=O. The number of nitriles is 1. The molecule has 2 aliphatic rings. The van der Waals surface area contributed by atoms with Gasteiger partial charge < -0.3 is 14.2 Å². The molecule has 28 heavy (non-hydrogen) atoms. The minimum Gasteiger partial charge on any atom is -0.493 e. The summed E-state index contributed by atoms with van der Waals surface area (Å²) in [6.07, 6.45) is 0.869. The molecule has 1 heterocycles. The molecule has 0 saturated carbocycles. The van der Waals surface area contributed by atoms with Crippen LogP contribution in [-0.4, -0.2) is 24.8 Å². The van der Waals surface area contributed by atoms with Gasteiger partial charge in [-0.25, -0.2) is 0 Å². The number of carbonyl (C=O) groups excluding carboxylic acids is 2. The molecule has 146 valence electrons. The Morgan fingerprint density at radius 2 is 2.04 bits per heavy atom. The number of allylic oxidation sites excluding steroid dienone is 2. The van der Waals surface area contributed by atoms with Gasteiger partial charge in [-0.15, -0.1) is 0 Å².